The van der Waals surface area contributed by atoms with Crippen molar-refractivity contribution in [2.24, 2.45) is 0 Å². The first-order valence-corrected chi connectivity index (χ1v) is 8.76. The zero-order chi connectivity index (χ0) is 18.5. The molecule has 0 saturated heterocycles. The van der Waals surface area contributed by atoms with Crippen molar-refractivity contribution in [2.45, 2.75) is 13.5 Å². The highest BCUT2D eigenvalue weighted by molar-refractivity contribution is 7.17. The largest absolute Gasteiger partial charge is 0.513 e. The van der Waals surface area contributed by atoms with Crippen molar-refractivity contribution in [3.05, 3.63) is 41.4 Å². The molecule has 0 aliphatic rings. The fraction of sp³-hybridized carbons (Fsp3) is 0.222. The van der Waals surface area contributed by atoms with E-state index in [1.807, 2.05) is 23.6 Å². The van der Waals surface area contributed by atoms with Crippen molar-refractivity contribution in [2.75, 3.05) is 19.5 Å². The van der Waals surface area contributed by atoms with Gasteiger partial charge in [0.05, 0.1) is 24.6 Å². The van der Waals surface area contributed by atoms with Gasteiger partial charge in [-0.1, -0.05) is 6.07 Å². The molecule has 0 radical (unpaired) electrons. The Kier molecular flexibility index (Phi) is 5.43. The summed E-state index contributed by atoms with van der Waals surface area (Å²) in [6.07, 6.45) is 0.639. The first-order chi connectivity index (χ1) is 12.6. The highest BCUT2D eigenvalue weighted by Gasteiger charge is 2.16. The van der Waals surface area contributed by atoms with Crippen LogP contribution in [0, 0.1) is 0 Å². The van der Waals surface area contributed by atoms with E-state index >= 15 is 0 Å². The van der Waals surface area contributed by atoms with Gasteiger partial charge in [-0.2, -0.15) is 0 Å². The molecule has 2 N–H and O–H groups in total. The summed E-state index contributed by atoms with van der Waals surface area (Å²) in [6, 6.07) is 7.33. The van der Waals surface area contributed by atoms with Gasteiger partial charge in [-0.15, -0.1) is 11.3 Å². The third-order valence-corrected chi connectivity index (χ3v) is 4.60. The maximum atomic E-state index is 11.6. The zero-order valence-electron chi connectivity index (χ0n) is 14.4. The Bertz CT molecular complexity index is 925. The smallest absolute Gasteiger partial charge is 0.497 e. The number of ether oxygens (including phenoxy) is 4. The molecule has 0 unspecified atom stereocenters. The minimum atomic E-state index is -0.775. The lowest BCUT2D eigenvalue weighted by molar-refractivity contribution is 0.105. The minimum Gasteiger partial charge on any atom is -0.497 e. The molecule has 7 nitrogen and oxygen atoms in total. The lowest BCUT2D eigenvalue weighted by Crippen LogP contribution is -2.10. The second kappa shape index (κ2) is 7.92. The molecule has 3 aromatic rings. The number of thiophene rings is 1. The van der Waals surface area contributed by atoms with E-state index in [9.17, 15) is 4.79 Å². The lowest BCUT2D eigenvalue weighted by Gasteiger charge is -2.09. The number of pyridine rings is 1. The number of hydrogen-bond acceptors (Lipinski definition) is 8. The fourth-order valence-corrected chi connectivity index (χ4v) is 3.39. The number of aromatic nitrogens is 1. The summed E-state index contributed by atoms with van der Waals surface area (Å²) in [5.41, 5.74) is 6.88. The van der Waals surface area contributed by atoms with Crippen molar-refractivity contribution in [1.29, 1.82) is 0 Å². The van der Waals surface area contributed by atoms with Crippen molar-refractivity contribution < 1.29 is 23.7 Å². The third-order valence-electron chi connectivity index (χ3n) is 3.56. The number of nitrogen functional groups attached to an aromatic ring is 1. The van der Waals surface area contributed by atoms with Gasteiger partial charge in [0.25, 0.3) is 0 Å². The molecule has 26 heavy (non-hydrogen) atoms. The number of fused-ring (bicyclic) bond motifs is 1. The number of hydrogen-bond donors (Lipinski definition) is 1. The molecule has 3 rings (SSSR count). The highest BCUT2D eigenvalue weighted by Crippen LogP contribution is 2.37. The van der Waals surface area contributed by atoms with E-state index in [1.165, 1.54) is 17.5 Å². The van der Waals surface area contributed by atoms with E-state index in [0.29, 0.717) is 35.1 Å². The number of anilines is 1. The molecule has 0 bridgehead atoms. The van der Waals surface area contributed by atoms with Gasteiger partial charge >= 0.3 is 6.16 Å². The number of carbonyl (C=O) groups is 1. The van der Waals surface area contributed by atoms with Crippen LogP contribution in [0.1, 0.15) is 12.5 Å². The Morgan fingerprint density at radius 1 is 1.31 bits per heavy atom. The molecule has 0 spiro atoms. The van der Waals surface area contributed by atoms with E-state index in [4.69, 9.17) is 24.7 Å². The van der Waals surface area contributed by atoms with E-state index in [1.54, 1.807) is 20.1 Å². The summed E-state index contributed by atoms with van der Waals surface area (Å²) in [4.78, 5) is 15.7. The third kappa shape index (κ3) is 3.80. The number of nitrogens with two attached hydrogens (primary N) is 1. The summed E-state index contributed by atoms with van der Waals surface area (Å²) in [5, 5.41) is 2.61. The fourth-order valence-electron chi connectivity index (χ4n) is 2.38. The van der Waals surface area contributed by atoms with Crippen LogP contribution in [0.3, 0.4) is 0 Å². The van der Waals surface area contributed by atoms with Crippen molar-refractivity contribution >= 4 is 33.4 Å². The monoisotopic (exact) mass is 374 g/mol. The van der Waals surface area contributed by atoms with Gasteiger partial charge in [-0.25, -0.2) is 9.78 Å². The summed E-state index contributed by atoms with van der Waals surface area (Å²) >= 11 is 1.40. The predicted octanol–water partition coefficient (Wildman–Crippen LogP) is 4.00. The average Bonchev–Trinajstić information content (AvgIpc) is 3.08. The second-order valence-electron chi connectivity index (χ2n) is 5.23. The normalized spacial score (nSPS) is 10.5. The molecule has 0 atom stereocenters. The first kappa shape index (κ1) is 17.8. The van der Waals surface area contributed by atoms with E-state index in [0.717, 1.165) is 10.3 Å². The quantitative estimate of drug-likeness (QED) is 0.652. The van der Waals surface area contributed by atoms with E-state index in [2.05, 4.69) is 4.98 Å². The van der Waals surface area contributed by atoms with Crippen LogP contribution in [0.25, 0.3) is 10.1 Å². The molecule has 2 heterocycles. The number of benzene rings is 1. The molecule has 0 fully saturated rings. The van der Waals surface area contributed by atoms with Gasteiger partial charge in [0.15, 0.2) is 5.75 Å². The molecule has 0 saturated carbocycles. The first-order valence-electron chi connectivity index (χ1n) is 7.88. The van der Waals surface area contributed by atoms with Crippen molar-refractivity contribution in [3.8, 4) is 17.2 Å². The van der Waals surface area contributed by atoms with Gasteiger partial charge < -0.3 is 24.7 Å². The summed E-state index contributed by atoms with van der Waals surface area (Å²) in [5.74, 6) is 2.05. The maximum absolute atomic E-state index is 11.6. The van der Waals surface area contributed by atoms with Crippen LogP contribution in [0.4, 0.5) is 10.6 Å². The van der Waals surface area contributed by atoms with Gasteiger partial charge in [0.1, 0.15) is 23.9 Å². The van der Waals surface area contributed by atoms with Crippen LogP contribution < -0.4 is 19.9 Å². The van der Waals surface area contributed by atoms with Crippen LogP contribution in [-0.2, 0) is 11.3 Å². The molecule has 1 aromatic carbocycles. The molecular weight excluding hydrogens is 356 g/mol. The Morgan fingerprint density at radius 3 is 2.88 bits per heavy atom. The Morgan fingerprint density at radius 2 is 2.12 bits per heavy atom. The second-order valence-corrected chi connectivity index (χ2v) is 6.11. The maximum Gasteiger partial charge on any atom is 0.513 e. The van der Waals surface area contributed by atoms with Crippen molar-refractivity contribution in [1.82, 2.24) is 4.98 Å². The molecule has 0 aliphatic heterocycles. The Labute approximate surface area is 154 Å². The summed E-state index contributed by atoms with van der Waals surface area (Å²) < 4.78 is 21.7. The lowest BCUT2D eigenvalue weighted by atomic mass is 10.2. The number of nitrogens with zero attached hydrogens (tertiary/aromatic N) is 1. The minimum absolute atomic E-state index is 0.231. The zero-order valence-corrected chi connectivity index (χ0v) is 15.2. The SMILES string of the molecule is CCOC(=O)Oc1cnc(N)c2c(COc3cccc(OC)c3)csc12. The van der Waals surface area contributed by atoms with E-state index < -0.39 is 6.16 Å². The number of carbonyl (C=O) groups excluding carboxylic acids is 1. The Balaban J connectivity index is 1.84. The molecule has 8 heteroatoms. The van der Waals surface area contributed by atoms with Crippen molar-refractivity contribution in [3.63, 3.8) is 0 Å². The van der Waals surface area contributed by atoms with Gasteiger partial charge in [-0.05, 0) is 24.4 Å². The summed E-state index contributed by atoms with van der Waals surface area (Å²) in [6.45, 7) is 2.23. The number of methoxy groups -OCH3 is 1. The van der Waals surface area contributed by atoms with Gasteiger partial charge in [0, 0.05) is 17.0 Å². The Hall–Kier alpha value is -3.00. The average molecular weight is 374 g/mol. The molecule has 0 amide bonds. The molecule has 0 aliphatic carbocycles. The van der Waals surface area contributed by atoms with Crippen LogP contribution in [0.15, 0.2) is 35.8 Å². The molecule has 136 valence electrons. The molecule has 2 aromatic heterocycles. The summed E-state index contributed by atoms with van der Waals surface area (Å²) in [7, 11) is 1.60. The highest BCUT2D eigenvalue weighted by atomic mass is 32.1. The van der Waals surface area contributed by atoms with Crippen LogP contribution in [0.2, 0.25) is 0 Å². The van der Waals surface area contributed by atoms with Crippen LogP contribution in [0.5, 0.6) is 17.2 Å². The molecular formula is C18H18N2O5S. The topological polar surface area (TPSA) is 92.9 Å². The predicted molar refractivity (Wildman–Crippen MR) is 99.0 cm³/mol. The van der Waals surface area contributed by atoms with E-state index in [-0.39, 0.29) is 6.61 Å². The van der Waals surface area contributed by atoms with Gasteiger partial charge in [-0.3, -0.25) is 0 Å². The van der Waals surface area contributed by atoms with Gasteiger partial charge in [0.2, 0.25) is 0 Å². The van der Waals surface area contributed by atoms with Crippen LogP contribution in [-0.4, -0.2) is 24.9 Å². The standard InChI is InChI=1S/C18H18N2O5S/c1-3-23-18(21)25-14-8-20-17(19)15-11(10-26-16(14)15)9-24-13-6-4-5-12(7-13)22-2/h4-8,10H,3,9H2,1-2H3,(H2,19,20). The number of rotatable bonds is 6. The van der Waals surface area contributed by atoms with Crippen LogP contribution >= 0.6 is 11.3 Å².